The van der Waals surface area contributed by atoms with E-state index in [1.165, 1.54) is 28.0 Å². The molecule has 244 valence electrons. The molecule has 47 heavy (non-hydrogen) atoms. The van der Waals surface area contributed by atoms with Crippen molar-refractivity contribution in [2.45, 2.75) is 53.4 Å². The molecule has 3 aromatic carbocycles. The summed E-state index contributed by atoms with van der Waals surface area (Å²) in [5, 5.41) is 9.14. The highest BCUT2D eigenvalue weighted by Crippen LogP contribution is 2.36. The number of carbonyl (C=O) groups is 2. The average molecular weight is 657 g/mol. The largest absolute Gasteiger partial charge is 0.491 e. The molecule has 1 aliphatic heterocycles. The quantitative estimate of drug-likeness (QED) is 0.205. The van der Waals surface area contributed by atoms with Crippen molar-refractivity contribution < 1.29 is 33.6 Å². The van der Waals surface area contributed by atoms with E-state index in [-0.39, 0.29) is 36.0 Å². The van der Waals surface area contributed by atoms with Crippen LogP contribution in [0.1, 0.15) is 67.7 Å². The van der Waals surface area contributed by atoms with Gasteiger partial charge in [0.15, 0.2) is 16.3 Å². The Kier molecular flexibility index (Phi) is 10.3. The Balaban J connectivity index is 1.55. The predicted molar refractivity (Wildman–Crippen MR) is 178 cm³/mol. The Morgan fingerprint density at radius 2 is 1.72 bits per heavy atom. The lowest BCUT2D eigenvalue weighted by atomic mass is 9.95. The number of allylic oxidation sites excluding steroid dienone is 1. The maximum Gasteiger partial charge on any atom is 0.338 e. The van der Waals surface area contributed by atoms with Gasteiger partial charge in [0.2, 0.25) is 0 Å². The van der Waals surface area contributed by atoms with Gasteiger partial charge in [-0.1, -0.05) is 47.7 Å². The first kappa shape index (κ1) is 33.2. The molecule has 0 unspecified atom stereocenters. The first-order valence-electron chi connectivity index (χ1n) is 15.3. The van der Waals surface area contributed by atoms with Gasteiger partial charge in [-0.15, -0.1) is 0 Å². The molecule has 0 saturated heterocycles. The Labute approximate surface area is 275 Å². The smallest absolute Gasteiger partial charge is 0.338 e. The van der Waals surface area contributed by atoms with Gasteiger partial charge in [-0.2, -0.15) is 0 Å². The van der Waals surface area contributed by atoms with E-state index in [4.69, 9.17) is 24.1 Å². The van der Waals surface area contributed by atoms with Gasteiger partial charge in [0.25, 0.3) is 5.56 Å². The number of carboxylic acid groups (broad SMARTS) is 1. The minimum absolute atomic E-state index is 0.132. The van der Waals surface area contributed by atoms with Crippen LogP contribution < -0.4 is 29.1 Å². The van der Waals surface area contributed by atoms with Crippen molar-refractivity contribution in [3.05, 3.63) is 120 Å². The molecule has 0 radical (unpaired) electrons. The van der Waals surface area contributed by atoms with Crippen molar-refractivity contribution in [2.75, 3.05) is 13.2 Å². The van der Waals surface area contributed by atoms with E-state index in [9.17, 15) is 14.4 Å². The van der Waals surface area contributed by atoms with Crippen molar-refractivity contribution in [1.29, 1.82) is 0 Å². The summed E-state index contributed by atoms with van der Waals surface area (Å²) in [6.07, 6.45) is 1.63. The number of nitrogens with zero attached hydrogens (tertiary/aromatic N) is 2. The molecular formula is C36H36N2O8S. The van der Waals surface area contributed by atoms with Gasteiger partial charge in [0.05, 0.1) is 40.7 Å². The lowest BCUT2D eigenvalue weighted by Gasteiger charge is -2.26. The number of hydrogen-bond donors (Lipinski definition) is 1. The van der Waals surface area contributed by atoms with Crippen molar-refractivity contribution in [3.63, 3.8) is 0 Å². The number of aromatic nitrogens is 1. The van der Waals surface area contributed by atoms with Gasteiger partial charge < -0.3 is 24.1 Å². The van der Waals surface area contributed by atoms with E-state index >= 15 is 0 Å². The number of carboxylic acids is 1. The number of rotatable bonds is 12. The van der Waals surface area contributed by atoms with Crippen molar-refractivity contribution in [1.82, 2.24) is 4.57 Å². The molecule has 0 fully saturated rings. The van der Waals surface area contributed by atoms with Gasteiger partial charge in [-0.05, 0) is 82.2 Å². The molecule has 1 atom stereocenters. The monoisotopic (exact) mass is 656 g/mol. The third-order valence-electron chi connectivity index (χ3n) is 7.25. The number of ether oxygens (including phenoxy) is 4. The van der Waals surface area contributed by atoms with Gasteiger partial charge in [-0.25, -0.2) is 14.6 Å². The minimum Gasteiger partial charge on any atom is -0.491 e. The van der Waals surface area contributed by atoms with Crippen LogP contribution in [0.25, 0.3) is 6.08 Å². The van der Waals surface area contributed by atoms with E-state index in [2.05, 4.69) is 4.99 Å². The van der Waals surface area contributed by atoms with Crippen LogP contribution in [0.4, 0.5) is 0 Å². The zero-order chi connectivity index (χ0) is 33.7. The molecule has 0 saturated carbocycles. The van der Waals surface area contributed by atoms with Crippen molar-refractivity contribution in [2.24, 2.45) is 4.99 Å². The summed E-state index contributed by atoms with van der Waals surface area (Å²) >= 11 is 1.23. The number of fused-ring (bicyclic) bond motifs is 1. The van der Waals surface area contributed by atoms with Gasteiger partial charge in [0, 0.05) is 5.56 Å². The lowest BCUT2D eigenvalue weighted by Crippen LogP contribution is -2.40. The predicted octanol–water partition coefficient (Wildman–Crippen LogP) is 5.26. The van der Waals surface area contributed by atoms with E-state index in [0.29, 0.717) is 50.0 Å². The number of aromatic carboxylic acids is 1. The van der Waals surface area contributed by atoms with Crippen molar-refractivity contribution in [3.8, 4) is 17.2 Å². The third kappa shape index (κ3) is 7.30. The fourth-order valence-corrected chi connectivity index (χ4v) is 6.26. The molecule has 10 nitrogen and oxygen atoms in total. The van der Waals surface area contributed by atoms with E-state index < -0.39 is 18.0 Å². The molecule has 2 heterocycles. The topological polar surface area (TPSA) is 126 Å². The van der Waals surface area contributed by atoms with Gasteiger partial charge in [-0.3, -0.25) is 9.36 Å². The summed E-state index contributed by atoms with van der Waals surface area (Å²) in [5.74, 6) is 0.0307. The number of carbonyl (C=O) groups excluding carboxylic acids is 1. The highest BCUT2D eigenvalue weighted by atomic mass is 32.1. The Hall–Kier alpha value is -5.16. The molecule has 5 rings (SSSR count). The van der Waals surface area contributed by atoms with E-state index in [0.717, 1.165) is 5.56 Å². The van der Waals surface area contributed by atoms with Crippen LogP contribution >= 0.6 is 11.3 Å². The molecule has 0 aliphatic carbocycles. The molecular weight excluding hydrogens is 620 g/mol. The molecule has 0 bridgehead atoms. The number of esters is 1. The summed E-state index contributed by atoms with van der Waals surface area (Å²) in [5.41, 5.74) is 2.81. The lowest BCUT2D eigenvalue weighted by molar-refractivity contribution is -0.139. The van der Waals surface area contributed by atoms with Gasteiger partial charge in [0.1, 0.15) is 18.4 Å². The number of benzene rings is 3. The van der Waals surface area contributed by atoms with Gasteiger partial charge >= 0.3 is 11.9 Å². The summed E-state index contributed by atoms with van der Waals surface area (Å²) in [6, 6.07) is 18.4. The maximum absolute atomic E-state index is 14.1. The SMILES string of the molecule is CCOC(=O)C1=C(C)N=c2s/c(=C/c3ccc(OCc4ccc(C(=O)O)cc4)c(OCC)c3)c(=O)n2[C@@H]1c1ccccc1OC(C)C. The minimum atomic E-state index is -0.992. The fourth-order valence-electron chi connectivity index (χ4n) is 5.21. The van der Waals surface area contributed by atoms with E-state index in [1.807, 2.05) is 51.1 Å². The zero-order valence-electron chi connectivity index (χ0n) is 26.8. The highest BCUT2D eigenvalue weighted by Gasteiger charge is 2.35. The second kappa shape index (κ2) is 14.5. The second-order valence-corrected chi connectivity index (χ2v) is 11.9. The molecule has 0 amide bonds. The van der Waals surface area contributed by atoms with Crippen LogP contribution in [0.2, 0.25) is 0 Å². The zero-order valence-corrected chi connectivity index (χ0v) is 27.6. The summed E-state index contributed by atoms with van der Waals surface area (Å²) < 4.78 is 25.4. The van der Waals surface area contributed by atoms with Crippen molar-refractivity contribution >= 4 is 29.4 Å². The molecule has 4 aromatic rings. The molecule has 1 aliphatic rings. The standard InChI is InChI=1S/C36H36N2O8S/c1-6-43-29-18-24(14-17-28(29)45-20-23-12-15-25(16-13-23)34(40)41)19-30-33(39)38-32(26-10-8-9-11-27(26)46-21(3)4)31(35(42)44-7-2)22(5)37-36(38)47-30/h8-19,21,32H,6-7,20H2,1-5H3,(H,40,41)/b30-19+/t32-/m1/s1. The second-order valence-electron chi connectivity index (χ2n) is 10.9. The number of hydrogen-bond acceptors (Lipinski definition) is 9. The normalized spacial score (nSPS) is 14.4. The van der Waals surface area contributed by atoms with Crippen LogP contribution in [-0.4, -0.2) is 40.9 Å². The highest BCUT2D eigenvalue weighted by molar-refractivity contribution is 7.07. The fraction of sp³-hybridized carbons (Fsp3) is 0.278. The number of thiazole rings is 1. The van der Waals surface area contributed by atoms with Crippen LogP contribution in [-0.2, 0) is 16.1 Å². The first-order chi connectivity index (χ1) is 22.6. The maximum atomic E-state index is 14.1. The van der Waals surface area contributed by atoms with Crippen LogP contribution in [0.5, 0.6) is 17.2 Å². The summed E-state index contributed by atoms with van der Waals surface area (Å²) in [4.78, 5) is 43.7. The molecule has 1 aromatic heterocycles. The first-order valence-corrected chi connectivity index (χ1v) is 16.1. The number of para-hydroxylation sites is 1. The third-order valence-corrected chi connectivity index (χ3v) is 8.24. The molecule has 0 spiro atoms. The van der Waals surface area contributed by atoms with Crippen LogP contribution in [0, 0.1) is 0 Å². The van der Waals surface area contributed by atoms with E-state index in [1.54, 1.807) is 44.2 Å². The molecule has 11 heteroatoms. The average Bonchev–Trinajstić information content (AvgIpc) is 3.34. The Morgan fingerprint density at radius 3 is 2.40 bits per heavy atom. The summed E-state index contributed by atoms with van der Waals surface area (Å²) in [6.45, 7) is 9.96. The Morgan fingerprint density at radius 1 is 0.979 bits per heavy atom. The van der Waals surface area contributed by atoms with Crippen LogP contribution in [0.15, 0.2) is 87.8 Å². The summed E-state index contributed by atoms with van der Waals surface area (Å²) in [7, 11) is 0. The Bertz CT molecular complexity index is 2010. The molecule has 1 N–H and O–H groups in total. The van der Waals surface area contributed by atoms with Crippen LogP contribution in [0.3, 0.4) is 0 Å².